The minimum absolute atomic E-state index is 0.0253. The Bertz CT molecular complexity index is 1180. The number of carbonyl (C=O) groups excluding carboxylic acids is 1. The normalized spacial score (nSPS) is 19.6. The molecule has 0 fully saturated rings. The smallest absolute Gasteiger partial charge is 0.271 e. The second-order valence-electron chi connectivity index (χ2n) is 10.4. The lowest BCUT2D eigenvalue weighted by Crippen LogP contribution is -2.32. The zero-order valence-electron chi connectivity index (χ0n) is 23.2. The van der Waals surface area contributed by atoms with Crippen LogP contribution in [0.5, 0.6) is 5.75 Å². The van der Waals surface area contributed by atoms with Gasteiger partial charge in [0.1, 0.15) is 17.6 Å². The van der Waals surface area contributed by atoms with Gasteiger partial charge in [-0.15, -0.1) is 0 Å². The largest absolute Gasteiger partial charge is 0.484 e. The number of aliphatic hydroxyl groups is 1. The van der Waals surface area contributed by atoms with Gasteiger partial charge >= 0.3 is 0 Å². The Balaban J connectivity index is 1.98. The van der Waals surface area contributed by atoms with Crippen LogP contribution in [0.25, 0.3) is 0 Å². The van der Waals surface area contributed by atoms with E-state index in [1.807, 2.05) is 51.1 Å². The number of halogens is 2. The summed E-state index contributed by atoms with van der Waals surface area (Å²) in [6, 6.07) is 12.2. The van der Waals surface area contributed by atoms with Crippen molar-refractivity contribution in [3.63, 3.8) is 0 Å². The van der Waals surface area contributed by atoms with Crippen molar-refractivity contribution in [3.05, 3.63) is 83.1 Å². The number of carbonyl (C=O) groups is 1. The molecular formula is C31H39F2NO4. The minimum Gasteiger partial charge on any atom is -0.484 e. The van der Waals surface area contributed by atoms with Crippen molar-refractivity contribution in [1.29, 1.82) is 0 Å². The number of alkyl halides is 2. The maximum Gasteiger partial charge on any atom is 0.271 e. The molecular weight excluding hydrogens is 488 g/mol. The Labute approximate surface area is 224 Å². The molecule has 2 aromatic rings. The van der Waals surface area contributed by atoms with E-state index in [1.54, 1.807) is 38.1 Å². The van der Waals surface area contributed by atoms with Gasteiger partial charge in [0.15, 0.2) is 11.9 Å². The van der Waals surface area contributed by atoms with Gasteiger partial charge in [-0.05, 0) is 69.5 Å². The summed E-state index contributed by atoms with van der Waals surface area (Å²) in [6.07, 6.45) is 3.14. The fourth-order valence-corrected chi connectivity index (χ4v) is 4.83. The first-order chi connectivity index (χ1) is 17.8. The van der Waals surface area contributed by atoms with E-state index in [1.165, 1.54) is 13.0 Å². The average Bonchev–Trinajstić information content (AvgIpc) is 3.09. The molecule has 206 valence electrons. The van der Waals surface area contributed by atoms with Gasteiger partial charge in [-0.1, -0.05) is 44.2 Å². The van der Waals surface area contributed by atoms with Crippen molar-refractivity contribution in [3.8, 4) is 5.75 Å². The van der Waals surface area contributed by atoms with Crippen molar-refractivity contribution in [2.45, 2.75) is 85.3 Å². The molecule has 1 aliphatic rings. The maximum absolute atomic E-state index is 14.8. The highest BCUT2D eigenvalue weighted by molar-refractivity contribution is 5.81. The number of Topliss-reactive ketones (excluding diaryl/α,β-unsaturated/α-hetero) is 1. The first-order valence-electron chi connectivity index (χ1n) is 13.1. The zero-order chi connectivity index (χ0) is 28.2. The molecule has 0 saturated heterocycles. The number of anilines is 1. The van der Waals surface area contributed by atoms with E-state index in [4.69, 9.17) is 9.47 Å². The Hall–Kier alpha value is -3.19. The van der Waals surface area contributed by atoms with Crippen LogP contribution in [0, 0.1) is 5.92 Å². The molecule has 1 N–H and O–H groups in total. The van der Waals surface area contributed by atoms with Crippen molar-refractivity contribution in [2.24, 2.45) is 5.92 Å². The highest BCUT2D eigenvalue weighted by atomic mass is 19.3. The molecule has 1 aliphatic heterocycles. The molecule has 0 radical (unpaired) electrons. The molecule has 1 heterocycles. The Morgan fingerprint density at radius 1 is 1.18 bits per heavy atom. The number of fused-ring (bicyclic) bond motifs is 1. The van der Waals surface area contributed by atoms with Crippen LogP contribution in [-0.4, -0.2) is 29.1 Å². The first kappa shape index (κ1) is 29.4. The number of nitrogens with zero attached hydrogens (tertiary/aromatic N) is 1. The minimum atomic E-state index is -3.06. The summed E-state index contributed by atoms with van der Waals surface area (Å²) < 4.78 is 41.8. The molecule has 5 nitrogen and oxygen atoms in total. The van der Waals surface area contributed by atoms with Crippen LogP contribution in [-0.2, 0) is 22.0 Å². The third-order valence-electron chi connectivity index (χ3n) is 6.69. The molecule has 2 aromatic carbocycles. The number of hydrogen-bond donors (Lipinski definition) is 1. The van der Waals surface area contributed by atoms with Crippen LogP contribution in [0.4, 0.5) is 14.5 Å². The zero-order valence-corrected chi connectivity index (χ0v) is 23.2. The summed E-state index contributed by atoms with van der Waals surface area (Å²) in [4.78, 5) is 14.1. The van der Waals surface area contributed by atoms with Crippen molar-refractivity contribution in [2.75, 3.05) is 4.90 Å². The molecule has 0 saturated carbocycles. The van der Waals surface area contributed by atoms with Gasteiger partial charge in [0, 0.05) is 30.3 Å². The Morgan fingerprint density at radius 2 is 1.87 bits per heavy atom. The van der Waals surface area contributed by atoms with Gasteiger partial charge in [-0.25, -0.2) is 8.78 Å². The fourth-order valence-electron chi connectivity index (χ4n) is 4.83. The van der Waals surface area contributed by atoms with Crippen molar-refractivity contribution < 1.29 is 28.2 Å². The Morgan fingerprint density at radius 3 is 2.45 bits per heavy atom. The maximum atomic E-state index is 14.8. The van der Waals surface area contributed by atoms with E-state index in [0.29, 0.717) is 29.3 Å². The molecule has 0 amide bonds. The summed E-state index contributed by atoms with van der Waals surface area (Å²) in [5.41, 5.74) is 2.00. The summed E-state index contributed by atoms with van der Waals surface area (Å²) in [6.45, 7) is 12.1. The second kappa shape index (κ2) is 12.1. The summed E-state index contributed by atoms with van der Waals surface area (Å²) in [7, 11) is 0. The third kappa shape index (κ3) is 6.81. The lowest BCUT2D eigenvalue weighted by molar-refractivity contribution is -0.125. The lowest BCUT2D eigenvalue weighted by Gasteiger charge is -2.28. The van der Waals surface area contributed by atoms with Crippen LogP contribution in [0.1, 0.15) is 71.3 Å². The molecule has 38 heavy (non-hydrogen) atoms. The molecule has 0 aliphatic carbocycles. The number of rotatable bonds is 11. The average molecular weight is 528 g/mol. The van der Waals surface area contributed by atoms with Crippen LogP contribution >= 0.6 is 0 Å². The number of hydrogen-bond acceptors (Lipinski definition) is 5. The van der Waals surface area contributed by atoms with E-state index in [0.717, 1.165) is 12.5 Å². The van der Waals surface area contributed by atoms with Gasteiger partial charge in [-0.3, -0.25) is 4.79 Å². The molecule has 0 aromatic heterocycles. The van der Waals surface area contributed by atoms with E-state index in [2.05, 4.69) is 4.90 Å². The van der Waals surface area contributed by atoms with Crippen LogP contribution < -0.4 is 9.64 Å². The lowest BCUT2D eigenvalue weighted by atomic mass is 9.97. The van der Waals surface area contributed by atoms with Crippen molar-refractivity contribution >= 4 is 11.5 Å². The molecule has 0 spiro atoms. The number of aliphatic hydroxyl groups excluding tert-OH is 1. The standard InChI is InChI=1S/C31H39F2NO4/c1-8-24(16-15-20(4)35)37-30-21(5)34(27-14-10-13-26(28(27)30)31(7,32)33)18-23-11-9-12-25(17-23)38-29(19(2)3)22(6)36/h8-17,19-21,29-30,35H,18H2,1-7H3/b16-15-,24-8+. The van der Waals surface area contributed by atoms with Gasteiger partial charge in [-0.2, -0.15) is 0 Å². The summed E-state index contributed by atoms with van der Waals surface area (Å²) in [5.74, 6) is -1.99. The van der Waals surface area contributed by atoms with Gasteiger partial charge < -0.3 is 19.5 Å². The Kier molecular flexibility index (Phi) is 9.36. The monoisotopic (exact) mass is 527 g/mol. The molecule has 0 bridgehead atoms. The van der Waals surface area contributed by atoms with E-state index < -0.39 is 24.2 Å². The van der Waals surface area contributed by atoms with E-state index in [-0.39, 0.29) is 23.3 Å². The summed E-state index contributed by atoms with van der Waals surface area (Å²) >= 11 is 0. The number of ether oxygens (including phenoxy) is 2. The van der Waals surface area contributed by atoms with Crippen molar-refractivity contribution in [1.82, 2.24) is 0 Å². The van der Waals surface area contributed by atoms with Gasteiger partial charge in [0.05, 0.1) is 12.1 Å². The van der Waals surface area contributed by atoms with Crippen LogP contribution in [0.3, 0.4) is 0 Å². The highest BCUT2D eigenvalue weighted by Gasteiger charge is 2.43. The molecule has 4 atom stereocenters. The number of benzene rings is 2. The summed E-state index contributed by atoms with van der Waals surface area (Å²) in [5, 5.41) is 9.66. The van der Waals surface area contributed by atoms with E-state index >= 15 is 0 Å². The van der Waals surface area contributed by atoms with E-state index in [9.17, 15) is 18.7 Å². The molecule has 4 unspecified atom stereocenters. The highest BCUT2D eigenvalue weighted by Crippen LogP contribution is 2.48. The van der Waals surface area contributed by atoms with Gasteiger partial charge in [0.25, 0.3) is 5.92 Å². The number of allylic oxidation sites excluding steroid dienone is 2. The first-order valence-corrected chi connectivity index (χ1v) is 13.1. The SMILES string of the molecule is C/C=C(\C=C/C(C)O)OC1c2c(cccc2C(C)(F)F)N(Cc2cccc(OC(C(C)=O)C(C)C)c2)C1C. The van der Waals surface area contributed by atoms with Crippen LogP contribution in [0.2, 0.25) is 0 Å². The van der Waals surface area contributed by atoms with Gasteiger partial charge in [0.2, 0.25) is 0 Å². The molecule has 3 rings (SSSR count). The second-order valence-corrected chi connectivity index (χ2v) is 10.4. The fraction of sp³-hybridized carbons (Fsp3) is 0.452. The quantitative estimate of drug-likeness (QED) is 0.250. The third-order valence-corrected chi connectivity index (χ3v) is 6.69. The predicted octanol–water partition coefficient (Wildman–Crippen LogP) is 7.10. The number of ketones is 1. The van der Waals surface area contributed by atoms with Crippen LogP contribution in [0.15, 0.2) is 66.5 Å². The molecule has 7 heteroatoms. The predicted molar refractivity (Wildman–Crippen MR) is 146 cm³/mol. The topological polar surface area (TPSA) is 59.0 Å².